The number of carboxylic acid groups (broad SMARTS) is 2. The molecule has 0 spiro atoms. The van der Waals surface area contributed by atoms with Gasteiger partial charge in [-0.05, 0) is 0 Å². The summed E-state index contributed by atoms with van der Waals surface area (Å²) in [5, 5.41) is 67.6. The average molecular weight is 353 g/mol. The average Bonchev–Trinajstić information content (AvgIpc) is 2.47. The van der Waals surface area contributed by atoms with Crippen LogP contribution in [0.5, 0.6) is 0 Å². The second kappa shape index (κ2) is 7.83. The monoisotopic (exact) mass is 353 g/mol. The Hall–Kier alpha value is -1.83. The van der Waals surface area contributed by atoms with Crippen LogP contribution in [0, 0.1) is 0 Å². The van der Waals surface area contributed by atoms with E-state index < -0.39 is 73.5 Å². The second-order valence-corrected chi connectivity index (χ2v) is 5.35. The topological polar surface area (TPSA) is 214 Å². The summed E-state index contributed by atoms with van der Waals surface area (Å²) in [4.78, 5) is 33.1. The van der Waals surface area contributed by atoms with E-state index in [-0.39, 0.29) is 0 Å². The van der Waals surface area contributed by atoms with Gasteiger partial charge in [0.2, 0.25) is 5.91 Å². The molecule has 24 heavy (non-hydrogen) atoms. The van der Waals surface area contributed by atoms with Gasteiger partial charge in [-0.3, -0.25) is 9.59 Å². The molecule has 6 atom stereocenters. The summed E-state index contributed by atoms with van der Waals surface area (Å²) < 4.78 is 4.82. The van der Waals surface area contributed by atoms with E-state index in [1.54, 1.807) is 0 Å². The van der Waals surface area contributed by atoms with E-state index in [0.717, 1.165) is 0 Å². The standard InChI is InChI=1S/C12H19NO11/c14-3-5(16)9(20)10-8(13-6(17)1-7(18)19)4(15)2-12(23,24-10)11(21)22/h4-5,8-10,14-16,20,23H,1-3H2,(H,13,17)(H,18,19)(H,21,22)/t4-,5+,8?,9+,10?,12?/m0/s1. The highest BCUT2D eigenvalue weighted by Gasteiger charge is 2.54. The summed E-state index contributed by atoms with van der Waals surface area (Å²) in [7, 11) is 0. The van der Waals surface area contributed by atoms with Gasteiger partial charge in [0.25, 0.3) is 5.79 Å². The van der Waals surface area contributed by atoms with Crippen LogP contribution in [0.4, 0.5) is 0 Å². The Morgan fingerprint density at radius 3 is 2.29 bits per heavy atom. The van der Waals surface area contributed by atoms with Gasteiger partial charge < -0.3 is 45.8 Å². The van der Waals surface area contributed by atoms with Crippen LogP contribution in [0.3, 0.4) is 0 Å². The molecule has 1 amide bonds. The van der Waals surface area contributed by atoms with Gasteiger partial charge >= 0.3 is 11.9 Å². The molecule has 0 aliphatic carbocycles. The number of carbonyl (C=O) groups is 3. The predicted molar refractivity (Wildman–Crippen MR) is 71.4 cm³/mol. The van der Waals surface area contributed by atoms with Gasteiger partial charge in [0.05, 0.1) is 18.8 Å². The number of carboxylic acids is 2. The van der Waals surface area contributed by atoms with Gasteiger partial charge in [0.15, 0.2) is 0 Å². The second-order valence-electron chi connectivity index (χ2n) is 5.35. The lowest BCUT2D eigenvalue weighted by molar-refractivity contribution is -0.295. The third-order valence-corrected chi connectivity index (χ3v) is 3.48. The molecule has 138 valence electrons. The minimum Gasteiger partial charge on any atom is -0.481 e. The summed E-state index contributed by atoms with van der Waals surface area (Å²) in [5.74, 6) is -7.35. The number of carbonyl (C=O) groups excluding carboxylic acids is 1. The molecular weight excluding hydrogens is 334 g/mol. The Kier molecular flexibility index (Phi) is 6.59. The summed E-state index contributed by atoms with van der Waals surface area (Å²) >= 11 is 0. The molecule has 1 saturated heterocycles. The maximum Gasteiger partial charge on any atom is 0.364 e. The molecule has 1 fully saturated rings. The SMILES string of the molecule is O=C(O)CC(=O)NC1C([C@H](O)[C@H](O)CO)OC(O)(C(=O)O)C[C@@H]1O. The molecule has 8 N–H and O–H groups in total. The van der Waals surface area contributed by atoms with Crippen LogP contribution in [-0.4, -0.2) is 96.4 Å². The maximum atomic E-state index is 11.5. The number of aliphatic hydroxyl groups excluding tert-OH is 4. The van der Waals surface area contributed by atoms with Gasteiger partial charge in [-0.1, -0.05) is 0 Å². The van der Waals surface area contributed by atoms with E-state index in [1.165, 1.54) is 0 Å². The summed E-state index contributed by atoms with van der Waals surface area (Å²) in [5.41, 5.74) is 0. The van der Waals surface area contributed by atoms with Crippen LogP contribution in [-0.2, 0) is 19.1 Å². The lowest BCUT2D eigenvalue weighted by Gasteiger charge is -2.44. The van der Waals surface area contributed by atoms with Crippen LogP contribution >= 0.6 is 0 Å². The Morgan fingerprint density at radius 2 is 1.83 bits per heavy atom. The molecule has 1 aliphatic heterocycles. The highest BCUT2D eigenvalue weighted by atomic mass is 16.7. The molecule has 1 heterocycles. The number of hydrogen-bond donors (Lipinski definition) is 8. The zero-order valence-electron chi connectivity index (χ0n) is 12.3. The molecule has 0 radical (unpaired) electrons. The molecule has 12 nitrogen and oxygen atoms in total. The zero-order valence-corrected chi connectivity index (χ0v) is 12.3. The number of rotatable bonds is 7. The van der Waals surface area contributed by atoms with Crippen molar-refractivity contribution in [2.24, 2.45) is 0 Å². The van der Waals surface area contributed by atoms with Crippen molar-refractivity contribution in [1.82, 2.24) is 5.32 Å². The molecule has 0 aromatic carbocycles. The van der Waals surface area contributed by atoms with Crippen LogP contribution in [0.1, 0.15) is 12.8 Å². The van der Waals surface area contributed by atoms with Crippen LogP contribution in [0.25, 0.3) is 0 Å². The first kappa shape index (κ1) is 20.2. The third-order valence-electron chi connectivity index (χ3n) is 3.48. The highest BCUT2D eigenvalue weighted by Crippen LogP contribution is 2.30. The fraction of sp³-hybridized carbons (Fsp3) is 0.750. The zero-order chi connectivity index (χ0) is 18.7. The van der Waals surface area contributed by atoms with Crippen LogP contribution in [0.2, 0.25) is 0 Å². The number of amides is 1. The van der Waals surface area contributed by atoms with Crippen molar-refractivity contribution < 1.29 is 54.9 Å². The van der Waals surface area contributed by atoms with Crippen LogP contribution < -0.4 is 5.32 Å². The fourth-order valence-electron chi connectivity index (χ4n) is 2.28. The van der Waals surface area contributed by atoms with E-state index in [9.17, 15) is 34.8 Å². The van der Waals surface area contributed by atoms with E-state index >= 15 is 0 Å². The van der Waals surface area contributed by atoms with Crippen LogP contribution in [0.15, 0.2) is 0 Å². The van der Waals surface area contributed by atoms with Gasteiger partial charge in [-0.15, -0.1) is 0 Å². The Labute approximate surface area is 134 Å². The van der Waals surface area contributed by atoms with E-state index in [0.29, 0.717) is 0 Å². The van der Waals surface area contributed by atoms with Crippen molar-refractivity contribution in [2.75, 3.05) is 6.61 Å². The molecule has 12 heteroatoms. The van der Waals surface area contributed by atoms with Crippen molar-refractivity contribution in [1.29, 1.82) is 0 Å². The Morgan fingerprint density at radius 1 is 1.25 bits per heavy atom. The lowest BCUT2D eigenvalue weighted by Crippen LogP contribution is -2.67. The quantitative estimate of drug-likeness (QED) is 0.204. The van der Waals surface area contributed by atoms with Gasteiger partial charge in [0.1, 0.15) is 24.7 Å². The molecular formula is C12H19NO11. The maximum absolute atomic E-state index is 11.5. The summed E-state index contributed by atoms with van der Waals surface area (Å²) in [6.45, 7) is -0.960. The Balaban J connectivity index is 3.06. The fourth-order valence-corrected chi connectivity index (χ4v) is 2.28. The molecule has 0 saturated carbocycles. The highest BCUT2D eigenvalue weighted by molar-refractivity contribution is 5.93. The van der Waals surface area contributed by atoms with Crippen molar-refractivity contribution in [3.05, 3.63) is 0 Å². The lowest BCUT2D eigenvalue weighted by atomic mass is 9.88. The van der Waals surface area contributed by atoms with Crippen molar-refractivity contribution in [2.45, 2.75) is 49.1 Å². The van der Waals surface area contributed by atoms with Crippen molar-refractivity contribution in [3.8, 4) is 0 Å². The number of aliphatic hydroxyl groups is 5. The smallest absolute Gasteiger partial charge is 0.364 e. The molecule has 0 aromatic heterocycles. The predicted octanol–water partition coefficient (Wildman–Crippen LogP) is -4.42. The van der Waals surface area contributed by atoms with Crippen molar-refractivity contribution >= 4 is 17.8 Å². The number of hydrogen-bond acceptors (Lipinski definition) is 9. The van der Waals surface area contributed by atoms with Gasteiger partial charge in [0, 0.05) is 6.42 Å². The van der Waals surface area contributed by atoms with E-state index in [4.69, 9.17) is 20.1 Å². The molecule has 0 aromatic rings. The van der Waals surface area contributed by atoms with E-state index in [1.807, 2.05) is 5.32 Å². The first-order valence-corrected chi connectivity index (χ1v) is 6.81. The molecule has 3 unspecified atom stereocenters. The minimum absolute atomic E-state index is 0.890. The van der Waals surface area contributed by atoms with E-state index in [2.05, 4.69) is 0 Å². The van der Waals surface area contributed by atoms with Gasteiger partial charge in [-0.25, -0.2) is 4.79 Å². The molecule has 1 aliphatic rings. The first-order chi connectivity index (χ1) is 11.0. The first-order valence-electron chi connectivity index (χ1n) is 6.81. The normalized spacial score (nSPS) is 32.6. The number of ether oxygens (including phenoxy) is 1. The molecule has 1 rings (SSSR count). The summed E-state index contributed by atoms with van der Waals surface area (Å²) in [6, 6.07) is -1.53. The largest absolute Gasteiger partial charge is 0.481 e. The third kappa shape index (κ3) is 4.59. The minimum atomic E-state index is -2.91. The number of nitrogens with one attached hydrogen (secondary N) is 1. The van der Waals surface area contributed by atoms with Crippen molar-refractivity contribution in [3.63, 3.8) is 0 Å². The number of aliphatic carboxylic acids is 2. The Bertz CT molecular complexity index is 497. The molecule has 0 bridgehead atoms. The van der Waals surface area contributed by atoms with Gasteiger partial charge in [-0.2, -0.15) is 0 Å². The summed E-state index contributed by atoms with van der Waals surface area (Å²) in [6.07, 6.45) is -9.28.